The van der Waals surface area contributed by atoms with Crippen LogP contribution in [0.25, 0.3) is 0 Å². The van der Waals surface area contributed by atoms with Crippen LogP contribution in [0.4, 0.5) is 0 Å². The fourth-order valence-corrected chi connectivity index (χ4v) is 4.31. The third kappa shape index (κ3) is 2.68. The molecular formula is C15H21N5OS. The molecule has 0 aliphatic carbocycles. The van der Waals surface area contributed by atoms with Crippen molar-refractivity contribution < 1.29 is 4.74 Å². The number of rotatable bonds is 3. The number of piperidine rings is 1. The second-order valence-corrected chi connectivity index (χ2v) is 7.26. The zero-order chi connectivity index (χ0) is 15.1. The highest BCUT2D eigenvalue weighted by atomic mass is 32.1. The second-order valence-electron chi connectivity index (χ2n) is 6.32. The van der Waals surface area contributed by atoms with Crippen LogP contribution in [-0.2, 0) is 11.3 Å². The maximum atomic E-state index is 6.25. The Balaban J connectivity index is 1.40. The van der Waals surface area contributed by atoms with E-state index in [1.807, 2.05) is 12.4 Å². The van der Waals surface area contributed by atoms with Gasteiger partial charge in [0, 0.05) is 18.0 Å². The lowest BCUT2D eigenvalue weighted by Crippen LogP contribution is -2.41. The molecule has 2 aromatic rings. The lowest BCUT2D eigenvalue weighted by Gasteiger charge is -2.33. The maximum Gasteiger partial charge on any atom is 0.179 e. The highest BCUT2D eigenvalue weighted by molar-refractivity contribution is 7.09. The molecule has 2 fully saturated rings. The molecule has 6 nitrogen and oxygen atoms in total. The van der Waals surface area contributed by atoms with Crippen molar-refractivity contribution in [3.63, 3.8) is 0 Å². The van der Waals surface area contributed by atoms with E-state index in [0.717, 1.165) is 43.4 Å². The Labute approximate surface area is 133 Å². The molecule has 4 heterocycles. The molecule has 0 aromatic carbocycles. The third-order valence-corrected chi connectivity index (χ3v) is 5.67. The van der Waals surface area contributed by atoms with Gasteiger partial charge in [0.05, 0.1) is 17.3 Å². The summed E-state index contributed by atoms with van der Waals surface area (Å²) in [5, 5.41) is 7.18. The molecule has 2 aromatic heterocycles. The van der Waals surface area contributed by atoms with E-state index < -0.39 is 0 Å². The van der Waals surface area contributed by atoms with E-state index >= 15 is 0 Å². The quantitative estimate of drug-likeness (QED) is 0.939. The van der Waals surface area contributed by atoms with Gasteiger partial charge in [-0.3, -0.25) is 10.00 Å². The number of hydrogen-bond acceptors (Lipinski definition) is 6. The van der Waals surface area contributed by atoms with Crippen LogP contribution in [0.1, 0.15) is 41.2 Å². The Bertz CT molecular complexity index is 654. The van der Waals surface area contributed by atoms with E-state index in [-0.39, 0.29) is 6.10 Å². The van der Waals surface area contributed by atoms with Crippen LogP contribution in [-0.4, -0.2) is 44.3 Å². The average molecular weight is 319 g/mol. The standard InChI is InChI=1S/C15H21N5OS/c1-9-14(22-8-16-9)7-20-4-3-11-5-12(21-13(11)6-20)15-17-10(2)18-19-15/h8,11-13H,3-7H2,1-2H3,(H,17,18,19)/t11-,12+,13+/m1/s1. The molecule has 3 atom stereocenters. The monoisotopic (exact) mass is 319 g/mol. The Hall–Kier alpha value is -1.31. The van der Waals surface area contributed by atoms with Gasteiger partial charge in [-0.1, -0.05) is 0 Å². The van der Waals surface area contributed by atoms with E-state index in [4.69, 9.17) is 4.74 Å². The zero-order valence-electron chi connectivity index (χ0n) is 13.0. The van der Waals surface area contributed by atoms with Crippen LogP contribution in [0.15, 0.2) is 5.51 Å². The number of thiazole rings is 1. The predicted molar refractivity (Wildman–Crippen MR) is 83.6 cm³/mol. The normalized spacial score (nSPS) is 28.9. The number of likely N-dealkylation sites (tertiary alicyclic amines) is 1. The molecule has 0 saturated carbocycles. The van der Waals surface area contributed by atoms with Crippen molar-refractivity contribution in [1.82, 2.24) is 25.1 Å². The molecule has 7 heteroatoms. The molecule has 118 valence electrons. The topological polar surface area (TPSA) is 66.9 Å². The molecular weight excluding hydrogens is 298 g/mol. The first kappa shape index (κ1) is 14.3. The smallest absolute Gasteiger partial charge is 0.179 e. The predicted octanol–water partition coefficient (Wildman–Crippen LogP) is 2.23. The number of ether oxygens (including phenoxy) is 1. The van der Waals surface area contributed by atoms with Crippen molar-refractivity contribution in [3.8, 4) is 0 Å². The number of H-pyrrole nitrogens is 1. The third-order valence-electron chi connectivity index (χ3n) is 4.75. The van der Waals surface area contributed by atoms with Crippen LogP contribution in [0.5, 0.6) is 0 Å². The lowest BCUT2D eigenvalue weighted by molar-refractivity contribution is -0.0117. The number of aromatic amines is 1. The molecule has 2 aliphatic rings. The summed E-state index contributed by atoms with van der Waals surface area (Å²) in [7, 11) is 0. The summed E-state index contributed by atoms with van der Waals surface area (Å²) in [5.41, 5.74) is 3.10. The molecule has 0 spiro atoms. The Morgan fingerprint density at radius 3 is 3.09 bits per heavy atom. The highest BCUT2D eigenvalue weighted by Crippen LogP contribution is 2.40. The Morgan fingerprint density at radius 2 is 2.36 bits per heavy atom. The van der Waals surface area contributed by atoms with E-state index in [0.29, 0.717) is 12.0 Å². The van der Waals surface area contributed by atoms with Crippen LogP contribution < -0.4 is 0 Å². The molecule has 4 rings (SSSR count). The number of fused-ring (bicyclic) bond motifs is 1. The average Bonchev–Trinajstić information content (AvgIpc) is 3.19. The van der Waals surface area contributed by atoms with Crippen molar-refractivity contribution in [2.24, 2.45) is 5.92 Å². The first-order valence-corrected chi connectivity index (χ1v) is 8.72. The number of nitrogens with zero attached hydrogens (tertiary/aromatic N) is 4. The van der Waals surface area contributed by atoms with Gasteiger partial charge < -0.3 is 4.74 Å². The van der Waals surface area contributed by atoms with Crippen molar-refractivity contribution in [2.45, 2.75) is 45.4 Å². The molecule has 2 saturated heterocycles. The van der Waals surface area contributed by atoms with E-state index in [2.05, 4.69) is 32.0 Å². The van der Waals surface area contributed by atoms with Gasteiger partial charge in [0.1, 0.15) is 11.9 Å². The summed E-state index contributed by atoms with van der Waals surface area (Å²) in [6.45, 7) is 7.15. The van der Waals surface area contributed by atoms with Crippen LogP contribution >= 0.6 is 11.3 Å². The molecule has 22 heavy (non-hydrogen) atoms. The van der Waals surface area contributed by atoms with Gasteiger partial charge in [-0.25, -0.2) is 9.97 Å². The number of nitrogens with one attached hydrogen (secondary N) is 1. The Morgan fingerprint density at radius 1 is 1.45 bits per heavy atom. The van der Waals surface area contributed by atoms with Gasteiger partial charge in [0.2, 0.25) is 0 Å². The van der Waals surface area contributed by atoms with Gasteiger partial charge in [-0.05, 0) is 39.2 Å². The maximum absolute atomic E-state index is 6.25. The molecule has 0 unspecified atom stereocenters. The van der Waals surface area contributed by atoms with E-state index in [1.54, 1.807) is 11.3 Å². The van der Waals surface area contributed by atoms with Crippen molar-refractivity contribution in [3.05, 3.63) is 27.7 Å². The first-order chi connectivity index (χ1) is 10.7. The van der Waals surface area contributed by atoms with Crippen LogP contribution in [0.2, 0.25) is 0 Å². The van der Waals surface area contributed by atoms with Crippen LogP contribution in [0.3, 0.4) is 0 Å². The number of hydrogen-bond donors (Lipinski definition) is 1. The first-order valence-electron chi connectivity index (χ1n) is 7.84. The molecule has 0 bridgehead atoms. The number of aromatic nitrogens is 4. The minimum absolute atomic E-state index is 0.0602. The lowest BCUT2D eigenvalue weighted by atomic mass is 9.91. The molecule has 2 aliphatic heterocycles. The fourth-order valence-electron chi connectivity index (χ4n) is 3.49. The largest absolute Gasteiger partial charge is 0.365 e. The molecule has 0 amide bonds. The second kappa shape index (κ2) is 5.72. The summed E-state index contributed by atoms with van der Waals surface area (Å²) in [6.07, 6.45) is 2.62. The summed E-state index contributed by atoms with van der Waals surface area (Å²) < 4.78 is 6.25. The van der Waals surface area contributed by atoms with E-state index in [1.165, 1.54) is 11.3 Å². The summed E-state index contributed by atoms with van der Waals surface area (Å²) in [6, 6.07) is 0. The highest BCUT2D eigenvalue weighted by Gasteiger charge is 2.41. The van der Waals surface area contributed by atoms with Crippen molar-refractivity contribution in [2.75, 3.05) is 13.1 Å². The minimum atomic E-state index is 0.0602. The summed E-state index contributed by atoms with van der Waals surface area (Å²) >= 11 is 1.75. The SMILES string of the molecule is Cc1nc([C@@H]2C[C@H]3CCN(Cc4scnc4C)C[C@@H]3O2)n[nH]1. The van der Waals surface area contributed by atoms with E-state index in [9.17, 15) is 0 Å². The van der Waals surface area contributed by atoms with Gasteiger partial charge in [-0.2, -0.15) is 5.10 Å². The van der Waals surface area contributed by atoms with Crippen molar-refractivity contribution in [1.29, 1.82) is 0 Å². The van der Waals surface area contributed by atoms with Crippen LogP contribution in [0, 0.1) is 19.8 Å². The van der Waals surface area contributed by atoms with Gasteiger partial charge in [0.25, 0.3) is 0 Å². The Kier molecular flexibility index (Phi) is 3.71. The summed E-state index contributed by atoms with van der Waals surface area (Å²) in [5.74, 6) is 2.31. The van der Waals surface area contributed by atoms with Gasteiger partial charge in [0.15, 0.2) is 5.82 Å². The zero-order valence-corrected chi connectivity index (χ0v) is 13.8. The number of aryl methyl sites for hydroxylation is 2. The van der Waals surface area contributed by atoms with Gasteiger partial charge in [-0.15, -0.1) is 11.3 Å². The molecule has 0 radical (unpaired) electrons. The minimum Gasteiger partial charge on any atom is -0.365 e. The summed E-state index contributed by atoms with van der Waals surface area (Å²) in [4.78, 5) is 12.6. The molecule has 1 N–H and O–H groups in total. The fraction of sp³-hybridized carbons (Fsp3) is 0.667. The van der Waals surface area contributed by atoms with Gasteiger partial charge >= 0.3 is 0 Å². The van der Waals surface area contributed by atoms with Crippen molar-refractivity contribution >= 4 is 11.3 Å².